The minimum atomic E-state index is -4.44. The Hall–Kier alpha value is -0.570. The van der Waals surface area contributed by atoms with Gasteiger partial charge in [-0.15, -0.1) is 0 Å². The smallest absolute Gasteiger partial charge is 0.345 e. The highest BCUT2D eigenvalue weighted by atomic mass is 127. The Kier molecular flexibility index (Phi) is 8.78. The Labute approximate surface area is 238 Å². The number of hydrogen-bond donors (Lipinski definition) is 1. The lowest BCUT2D eigenvalue weighted by molar-refractivity contribution is 0.0691. The topological polar surface area (TPSA) is 107 Å². The molecule has 0 heterocycles. The SMILES string of the molecule is O=C(Oc1ccc(I)cc1)c1cccc(I)c1C(=O)Oc1cc(I)c(S(=O)(=O)O)c(I)c1. The van der Waals surface area contributed by atoms with Gasteiger partial charge >= 0.3 is 11.9 Å². The average Bonchev–Trinajstić information content (AvgIpc) is 2.67. The minimum Gasteiger partial charge on any atom is -0.423 e. The lowest BCUT2D eigenvalue weighted by atomic mass is 10.1. The zero-order valence-electron chi connectivity index (χ0n) is 15.5. The number of esters is 2. The molecule has 32 heavy (non-hydrogen) atoms. The van der Waals surface area contributed by atoms with E-state index in [1.807, 2.05) is 22.6 Å². The third-order valence-corrected chi connectivity index (χ3v) is 8.91. The Morgan fingerprint density at radius 1 is 0.750 bits per heavy atom. The molecule has 3 aromatic rings. The second-order valence-corrected chi connectivity index (χ2v) is 12.2. The quantitative estimate of drug-likeness (QED) is 0.150. The van der Waals surface area contributed by atoms with Crippen LogP contribution in [0.25, 0.3) is 0 Å². The summed E-state index contributed by atoms with van der Waals surface area (Å²) in [5.41, 5.74) is 0.0480. The maximum absolute atomic E-state index is 13.0. The molecule has 0 aliphatic carbocycles. The Morgan fingerprint density at radius 3 is 1.88 bits per heavy atom. The van der Waals surface area contributed by atoms with E-state index < -0.39 is 22.1 Å². The Bertz CT molecular complexity index is 1300. The molecule has 12 heteroatoms. The molecular formula is C20H10I4O7S. The van der Waals surface area contributed by atoms with E-state index >= 15 is 0 Å². The molecular weight excluding hydrogens is 892 g/mol. The van der Waals surface area contributed by atoms with Crippen LogP contribution < -0.4 is 9.47 Å². The van der Waals surface area contributed by atoms with Crippen LogP contribution in [-0.4, -0.2) is 24.9 Å². The van der Waals surface area contributed by atoms with Crippen molar-refractivity contribution in [3.8, 4) is 11.5 Å². The first kappa shape index (κ1) is 26.0. The maximum Gasteiger partial charge on any atom is 0.345 e. The molecule has 0 bridgehead atoms. The van der Waals surface area contributed by atoms with Gasteiger partial charge in [-0.2, -0.15) is 8.42 Å². The van der Waals surface area contributed by atoms with Gasteiger partial charge in [0, 0.05) is 14.3 Å². The van der Waals surface area contributed by atoms with E-state index in [9.17, 15) is 22.6 Å². The van der Waals surface area contributed by atoms with Crippen molar-refractivity contribution in [1.82, 2.24) is 0 Å². The van der Waals surface area contributed by atoms with Crippen LogP contribution in [0.1, 0.15) is 20.7 Å². The van der Waals surface area contributed by atoms with E-state index in [0.29, 0.717) is 9.32 Å². The van der Waals surface area contributed by atoms with Gasteiger partial charge in [0.1, 0.15) is 16.4 Å². The summed E-state index contributed by atoms with van der Waals surface area (Å²) in [5.74, 6) is -1.13. The predicted molar refractivity (Wildman–Crippen MR) is 150 cm³/mol. The molecule has 0 atom stereocenters. The van der Waals surface area contributed by atoms with Gasteiger partial charge in [-0.05, 0) is 139 Å². The van der Waals surface area contributed by atoms with Crippen LogP contribution >= 0.6 is 90.4 Å². The largest absolute Gasteiger partial charge is 0.423 e. The van der Waals surface area contributed by atoms with Crippen LogP contribution in [0.5, 0.6) is 11.5 Å². The monoisotopic (exact) mass is 902 g/mol. The molecule has 0 amide bonds. The Morgan fingerprint density at radius 2 is 1.31 bits per heavy atom. The van der Waals surface area contributed by atoms with Gasteiger partial charge in [-0.3, -0.25) is 4.55 Å². The second kappa shape index (κ2) is 10.8. The summed E-state index contributed by atoms with van der Waals surface area (Å²) in [7, 11) is -4.44. The van der Waals surface area contributed by atoms with E-state index in [4.69, 9.17) is 9.47 Å². The third-order valence-electron chi connectivity index (χ3n) is 3.90. The number of hydrogen-bond acceptors (Lipinski definition) is 6. The number of ether oxygens (including phenoxy) is 2. The molecule has 7 nitrogen and oxygen atoms in total. The van der Waals surface area contributed by atoms with Crippen LogP contribution in [0.2, 0.25) is 0 Å². The van der Waals surface area contributed by atoms with Gasteiger partial charge in [-0.25, -0.2) is 9.59 Å². The number of rotatable bonds is 5. The highest BCUT2D eigenvalue weighted by Gasteiger charge is 2.25. The van der Waals surface area contributed by atoms with Gasteiger partial charge in [0.15, 0.2) is 0 Å². The summed E-state index contributed by atoms with van der Waals surface area (Å²) in [6, 6.07) is 14.2. The van der Waals surface area contributed by atoms with Crippen molar-refractivity contribution >= 4 is 112 Å². The first-order valence-corrected chi connectivity index (χ1v) is 14.2. The zero-order valence-corrected chi connectivity index (χ0v) is 25.0. The van der Waals surface area contributed by atoms with Gasteiger partial charge in [-0.1, -0.05) is 6.07 Å². The van der Waals surface area contributed by atoms with Crippen LogP contribution in [-0.2, 0) is 10.1 Å². The normalized spacial score (nSPS) is 11.2. The summed E-state index contributed by atoms with van der Waals surface area (Å²) < 4.78 is 45.1. The molecule has 0 spiro atoms. The van der Waals surface area contributed by atoms with Gasteiger partial charge in [0.2, 0.25) is 0 Å². The summed E-state index contributed by atoms with van der Waals surface area (Å²) in [6.07, 6.45) is 0. The molecule has 3 aromatic carbocycles. The van der Waals surface area contributed by atoms with Gasteiger partial charge in [0.05, 0.1) is 11.1 Å². The molecule has 0 saturated heterocycles. The van der Waals surface area contributed by atoms with E-state index in [2.05, 4.69) is 22.6 Å². The molecule has 0 unspecified atom stereocenters. The van der Waals surface area contributed by atoms with Crippen molar-refractivity contribution in [2.24, 2.45) is 0 Å². The van der Waals surface area contributed by atoms with E-state index in [1.54, 1.807) is 81.6 Å². The standard InChI is InChI=1S/C20H10I4O7S/c21-10-4-6-11(7-5-10)30-19(25)13-2-1-3-14(22)17(13)20(26)31-12-8-15(23)18(16(24)9-12)32(27,28)29/h1-9H,(H,27,28,29). The van der Waals surface area contributed by atoms with Crippen molar-refractivity contribution < 1.29 is 32.0 Å². The fourth-order valence-electron chi connectivity index (χ4n) is 2.57. The number of carbonyl (C=O) groups is 2. The fraction of sp³-hybridized carbons (Fsp3) is 0. The molecule has 3 rings (SSSR count). The van der Waals surface area contributed by atoms with Crippen LogP contribution in [0, 0.1) is 14.3 Å². The third kappa shape index (κ3) is 6.30. The molecule has 0 fully saturated rings. The highest BCUT2D eigenvalue weighted by molar-refractivity contribution is 14.1. The van der Waals surface area contributed by atoms with E-state index in [0.717, 1.165) is 3.57 Å². The summed E-state index contributed by atoms with van der Waals surface area (Å²) in [6.45, 7) is 0. The molecule has 0 saturated carbocycles. The molecule has 0 aromatic heterocycles. The average molecular weight is 902 g/mol. The summed E-state index contributed by atoms with van der Waals surface area (Å²) in [4.78, 5) is 25.4. The van der Waals surface area contributed by atoms with E-state index in [1.165, 1.54) is 18.2 Å². The number of carbonyl (C=O) groups excluding carboxylic acids is 2. The minimum absolute atomic E-state index is 0.0208. The van der Waals surface area contributed by atoms with E-state index in [-0.39, 0.29) is 28.9 Å². The van der Waals surface area contributed by atoms with Crippen molar-refractivity contribution in [2.75, 3.05) is 0 Å². The molecule has 166 valence electrons. The zero-order chi connectivity index (χ0) is 23.6. The molecule has 1 N–H and O–H groups in total. The summed E-state index contributed by atoms with van der Waals surface area (Å²) >= 11 is 7.50. The maximum atomic E-state index is 13.0. The number of halogens is 4. The van der Waals surface area contributed by atoms with Gasteiger partial charge in [0.25, 0.3) is 10.1 Å². The molecule has 0 radical (unpaired) electrons. The second-order valence-electron chi connectivity index (χ2n) is 6.09. The van der Waals surface area contributed by atoms with Crippen LogP contribution in [0.3, 0.4) is 0 Å². The van der Waals surface area contributed by atoms with Crippen LogP contribution in [0.4, 0.5) is 0 Å². The first-order chi connectivity index (χ1) is 15.0. The van der Waals surface area contributed by atoms with Crippen molar-refractivity contribution in [3.63, 3.8) is 0 Å². The lowest BCUT2D eigenvalue weighted by Gasteiger charge is -2.12. The fourth-order valence-corrected chi connectivity index (χ4v) is 7.64. The van der Waals surface area contributed by atoms with Gasteiger partial charge < -0.3 is 9.47 Å². The lowest BCUT2D eigenvalue weighted by Crippen LogP contribution is -2.19. The first-order valence-electron chi connectivity index (χ1n) is 8.42. The summed E-state index contributed by atoms with van der Waals surface area (Å²) in [5, 5.41) is 0. The van der Waals surface area contributed by atoms with Crippen LogP contribution in [0.15, 0.2) is 59.5 Å². The molecule has 0 aliphatic heterocycles. The number of benzene rings is 3. The van der Waals surface area contributed by atoms with Crippen molar-refractivity contribution in [2.45, 2.75) is 4.90 Å². The van der Waals surface area contributed by atoms with Crippen molar-refractivity contribution in [3.05, 3.63) is 80.0 Å². The predicted octanol–water partition coefficient (Wildman–Crippen LogP) is 5.79. The highest BCUT2D eigenvalue weighted by Crippen LogP contribution is 2.30. The van der Waals surface area contributed by atoms with Crippen molar-refractivity contribution in [1.29, 1.82) is 0 Å². The Balaban J connectivity index is 1.92. The molecule has 0 aliphatic rings.